The Hall–Kier alpha value is -4.26. The van der Waals surface area contributed by atoms with Crippen molar-refractivity contribution in [2.75, 3.05) is 16.0 Å². The van der Waals surface area contributed by atoms with Crippen molar-refractivity contribution in [1.82, 2.24) is 9.97 Å². The maximum atomic E-state index is 14.3. The van der Waals surface area contributed by atoms with Gasteiger partial charge in [-0.1, -0.05) is 23.5 Å². The van der Waals surface area contributed by atoms with E-state index >= 15 is 0 Å². The van der Waals surface area contributed by atoms with Crippen molar-refractivity contribution in [2.24, 2.45) is 5.92 Å². The van der Waals surface area contributed by atoms with E-state index in [1.54, 1.807) is 6.07 Å². The van der Waals surface area contributed by atoms with Crippen molar-refractivity contribution in [3.05, 3.63) is 66.0 Å². The molecular formula is C24H17F4N5O3S. The summed E-state index contributed by atoms with van der Waals surface area (Å²) in [5, 5.41) is 7.45. The molecule has 5 rings (SSSR count). The van der Waals surface area contributed by atoms with Crippen LogP contribution in [-0.4, -0.2) is 21.9 Å². The summed E-state index contributed by atoms with van der Waals surface area (Å²) in [4.78, 5) is 33.4. The molecular weight excluding hydrogens is 514 g/mol. The molecule has 13 heteroatoms. The number of pyridine rings is 1. The number of amides is 3. The number of thiazole rings is 1. The number of halogens is 4. The molecule has 1 aliphatic rings. The van der Waals surface area contributed by atoms with Gasteiger partial charge in [0.2, 0.25) is 11.8 Å². The first kappa shape index (κ1) is 24.4. The molecule has 0 atom stereocenters. The fraction of sp³-hybridized carbons (Fsp3) is 0.167. The van der Waals surface area contributed by atoms with Crippen molar-refractivity contribution < 1.29 is 31.9 Å². The summed E-state index contributed by atoms with van der Waals surface area (Å²) in [5.41, 5.74) is -1.28. The van der Waals surface area contributed by atoms with Gasteiger partial charge < -0.3 is 20.7 Å². The molecule has 0 saturated heterocycles. The van der Waals surface area contributed by atoms with Gasteiger partial charge in [0.1, 0.15) is 21.9 Å². The molecule has 0 spiro atoms. The van der Waals surface area contributed by atoms with E-state index in [0.29, 0.717) is 15.5 Å². The Morgan fingerprint density at radius 1 is 0.946 bits per heavy atom. The van der Waals surface area contributed by atoms with Crippen molar-refractivity contribution in [3.63, 3.8) is 0 Å². The number of fused-ring (bicyclic) bond motifs is 1. The molecule has 0 bridgehead atoms. The van der Waals surface area contributed by atoms with E-state index < -0.39 is 29.3 Å². The van der Waals surface area contributed by atoms with E-state index in [-0.39, 0.29) is 29.1 Å². The van der Waals surface area contributed by atoms with E-state index in [2.05, 4.69) is 25.9 Å². The number of rotatable bonds is 6. The van der Waals surface area contributed by atoms with E-state index in [1.165, 1.54) is 41.7 Å². The Morgan fingerprint density at radius 2 is 1.70 bits per heavy atom. The predicted molar refractivity (Wildman–Crippen MR) is 129 cm³/mol. The summed E-state index contributed by atoms with van der Waals surface area (Å²) in [6.45, 7) is 0. The van der Waals surface area contributed by atoms with Crippen LogP contribution in [0.1, 0.15) is 18.4 Å². The van der Waals surface area contributed by atoms with Crippen molar-refractivity contribution >= 4 is 50.1 Å². The zero-order valence-electron chi connectivity index (χ0n) is 18.7. The Bertz CT molecular complexity index is 1500. The summed E-state index contributed by atoms with van der Waals surface area (Å²) in [5.74, 6) is -0.605. The first-order chi connectivity index (χ1) is 17.7. The lowest BCUT2D eigenvalue weighted by atomic mass is 10.1. The number of alkyl halides is 3. The molecule has 8 nitrogen and oxygen atoms in total. The van der Waals surface area contributed by atoms with Crippen LogP contribution in [0.5, 0.6) is 11.6 Å². The maximum absolute atomic E-state index is 14.3. The molecule has 3 N–H and O–H groups in total. The van der Waals surface area contributed by atoms with Crippen LogP contribution in [0.2, 0.25) is 0 Å². The lowest BCUT2D eigenvalue weighted by Crippen LogP contribution is -2.22. The van der Waals surface area contributed by atoms with Gasteiger partial charge in [-0.3, -0.25) is 4.79 Å². The third kappa shape index (κ3) is 5.77. The summed E-state index contributed by atoms with van der Waals surface area (Å²) < 4.78 is 59.5. The topological polar surface area (TPSA) is 105 Å². The molecule has 3 amide bonds. The molecule has 0 unspecified atom stereocenters. The largest absolute Gasteiger partial charge is 0.439 e. The highest BCUT2D eigenvalue weighted by Crippen LogP contribution is 2.35. The van der Waals surface area contributed by atoms with Crippen LogP contribution in [0.4, 0.5) is 38.9 Å². The summed E-state index contributed by atoms with van der Waals surface area (Å²) in [6, 6.07) is 10.0. The van der Waals surface area contributed by atoms with E-state index in [0.717, 1.165) is 31.0 Å². The summed E-state index contributed by atoms with van der Waals surface area (Å²) in [7, 11) is 0. The molecule has 190 valence electrons. The van der Waals surface area contributed by atoms with Gasteiger partial charge in [-0.05, 0) is 43.2 Å². The highest BCUT2D eigenvalue weighted by molar-refractivity contribution is 7.21. The van der Waals surface area contributed by atoms with Crippen LogP contribution in [0, 0.1) is 11.7 Å². The van der Waals surface area contributed by atoms with Crippen LogP contribution in [0.15, 0.2) is 54.6 Å². The fourth-order valence-electron chi connectivity index (χ4n) is 3.36. The van der Waals surface area contributed by atoms with Crippen LogP contribution in [0.3, 0.4) is 0 Å². The third-order valence-corrected chi connectivity index (χ3v) is 6.18. The van der Waals surface area contributed by atoms with Crippen LogP contribution < -0.4 is 20.7 Å². The average molecular weight is 531 g/mol. The van der Waals surface area contributed by atoms with E-state index in [4.69, 9.17) is 4.74 Å². The third-order valence-electron chi connectivity index (χ3n) is 5.30. The number of nitrogens with zero attached hydrogens (tertiary/aromatic N) is 2. The molecule has 0 radical (unpaired) electrons. The highest BCUT2D eigenvalue weighted by Gasteiger charge is 2.33. The van der Waals surface area contributed by atoms with E-state index in [1.807, 2.05) is 0 Å². The molecule has 2 aromatic carbocycles. The van der Waals surface area contributed by atoms with Crippen molar-refractivity contribution in [3.8, 4) is 11.6 Å². The van der Waals surface area contributed by atoms with Gasteiger partial charge in [0.15, 0.2) is 5.13 Å². The van der Waals surface area contributed by atoms with Gasteiger partial charge in [0, 0.05) is 18.1 Å². The molecule has 0 aliphatic heterocycles. The second-order valence-electron chi connectivity index (χ2n) is 8.12. The van der Waals surface area contributed by atoms with Gasteiger partial charge in [-0.2, -0.15) is 13.2 Å². The van der Waals surface area contributed by atoms with Crippen molar-refractivity contribution in [1.29, 1.82) is 0 Å². The lowest BCUT2D eigenvalue weighted by Gasteiger charge is -2.14. The van der Waals surface area contributed by atoms with Crippen LogP contribution >= 0.6 is 11.3 Å². The number of benzene rings is 2. The monoisotopic (exact) mass is 531 g/mol. The van der Waals surface area contributed by atoms with Crippen LogP contribution in [0.25, 0.3) is 10.3 Å². The Balaban J connectivity index is 1.28. The minimum Gasteiger partial charge on any atom is -0.439 e. The minimum absolute atomic E-state index is 0.0293. The molecule has 2 aromatic heterocycles. The Labute approximate surface area is 210 Å². The fourth-order valence-corrected chi connectivity index (χ4v) is 4.20. The number of urea groups is 1. The number of hydrogen-bond donors (Lipinski definition) is 3. The molecule has 1 saturated carbocycles. The van der Waals surface area contributed by atoms with Gasteiger partial charge in [-0.15, -0.1) is 0 Å². The zero-order valence-corrected chi connectivity index (χ0v) is 19.5. The average Bonchev–Trinajstić information content (AvgIpc) is 3.62. The normalized spacial score (nSPS) is 13.3. The number of hydrogen-bond acceptors (Lipinski definition) is 6. The maximum Gasteiger partial charge on any atom is 0.418 e. The number of anilines is 3. The minimum atomic E-state index is -4.68. The highest BCUT2D eigenvalue weighted by atomic mass is 32.1. The first-order valence-electron chi connectivity index (χ1n) is 11.0. The van der Waals surface area contributed by atoms with Gasteiger partial charge in [0.25, 0.3) is 0 Å². The molecule has 1 aliphatic carbocycles. The molecule has 2 heterocycles. The summed E-state index contributed by atoms with van der Waals surface area (Å²) >= 11 is 1.17. The summed E-state index contributed by atoms with van der Waals surface area (Å²) in [6.07, 6.45) is -2.95. The Morgan fingerprint density at radius 3 is 2.46 bits per heavy atom. The first-order valence-corrected chi connectivity index (χ1v) is 11.8. The second kappa shape index (κ2) is 9.65. The SMILES string of the molecule is O=C(Nc1cc(Oc2ccc3nc(NC(=O)C4CC4)sc3n2)ccc1F)Nc1ccccc1C(F)(F)F. The number of carbonyl (C=O) groups excluding carboxylic acids is 2. The number of carbonyl (C=O) groups is 2. The molecule has 4 aromatic rings. The number of nitrogens with one attached hydrogen (secondary N) is 3. The van der Waals surface area contributed by atoms with Crippen molar-refractivity contribution in [2.45, 2.75) is 19.0 Å². The van der Waals surface area contributed by atoms with E-state index in [9.17, 15) is 27.2 Å². The number of ether oxygens (including phenoxy) is 1. The predicted octanol–water partition coefficient (Wildman–Crippen LogP) is 6.63. The lowest BCUT2D eigenvalue weighted by molar-refractivity contribution is -0.136. The number of aromatic nitrogens is 2. The van der Waals surface area contributed by atoms with Gasteiger partial charge in [-0.25, -0.2) is 19.2 Å². The standard InChI is InChI=1S/C24H17F4N5O3S/c25-15-8-7-13(11-18(15)30-22(35)29-16-4-2-1-3-14(16)24(26,27)28)36-19-10-9-17-21(32-19)37-23(31-17)33-20(34)12-5-6-12/h1-4,7-12H,5-6H2,(H2,29,30,35)(H,31,33,34). The van der Waals surface area contributed by atoms with Gasteiger partial charge >= 0.3 is 12.2 Å². The second-order valence-corrected chi connectivity index (χ2v) is 9.10. The van der Waals surface area contributed by atoms with Gasteiger partial charge in [0.05, 0.1) is 16.9 Å². The van der Waals surface area contributed by atoms with Crippen LogP contribution in [-0.2, 0) is 11.0 Å². The molecule has 1 fully saturated rings. The Kier molecular flexibility index (Phi) is 6.38. The molecule has 37 heavy (non-hydrogen) atoms. The quantitative estimate of drug-likeness (QED) is 0.242. The smallest absolute Gasteiger partial charge is 0.418 e. The zero-order chi connectivity index (χ0) is 26.2. The number of para-hydroxylation sites is 1.